The Labute approximate surface area is 132 Å². The molecule has 2 aliphatic heterocycles. The first-order chi connectivity index (χ1) is 10.5. The van der Waals surface area contributed by atoms with Crippen LogP contribution in [0.15, 0.2) is 5.16 Å². The zero-order valence-electron chi connectivity index (χ0n) is 13.4. The Balaban J connectivity index is 1.80. The molecule has 1 amide bonds. The first-order valence-corrected chi connectivity index (χ1v) is 7.41. The summed E-state index contributed by atoms with van der Waals surface area (Å²) in [6, 6.07) is 0. The summed E-state index contributed by atoms with van der Waals surface area (Å²) < 4.78 is 46.3. The van der Waals surface area contributed by atoms with Crippen LogP contribution in [-0.4, -0.2) is 54.0 Å². The second-order valence-electron chi connectivity index (χ2n) is 6.81. The molecule has 0 radical (unpaired) electrons. The lowest BCUT2D eigenvalue weighted by Gasteiger charge is -2.37. The molecule has 9 heteroatoms. The molecule has 0 saturated carbocycles. The molecule has 0 bridgehead atoms. The third-order valence-electron chi connectivity index (χ3n) is 3.54. The van der Waals surface area contributed by atoms with Crippen LogP contribution in [0.1, 0.15) is 40.0 Å². The minimum Gasteiger partial charge on any atom is -0.469 e. The maximum Gasteiger partial charge on any atom is 0.422 e. The molecule has 132 valence electrons. The summed E-state index contributed by atoms with van der Waals surface area (Å²) in [6.07, 6.45) is -3.69. The molecule has 1 saturated heterocycles. The van der Waals surface area contributed by atoms with Crippen LogP contribution in [0.4, 0.5) is 18.0 Å². The number of piperidine rings is 1. The third-order valence-corrected chi connectivity index (χ3v) is 3.54. The van der Waals surface area contributed by atoms with Crippen LogP contribution in [0.2, 0.25) is 0 Å². The molecule has 0 aromatic rings. The van der Waals surface area contributed by atoms with E-state index in [4.69, 9.17) is 9.57 Å². The summed E-state index contributed by atoms with van der Waals surface area (Å²) in [6.45, 7) is 4.78. The molecular formula is C14H21F3N2O4. The highest BCUT2D eigenvalue weighted by molar-refractivity contribution is 5.78. The normalized spacial score (nSPS) is 21.0. The number of alkyl halides is 3. The molecule has 0 N–H and O–H groups in total. The number of rotatable bonds is 1. The van der Waals surface area contributed by atoms with Gasteiger partial charge in [0.15, 0.2) is 6.61 Å². The van der Waals surface area contributed by atoms with Crippen molar-refractivity contribution < 1.29 is 32.3 Å². The van der Waals surface area contributed by atoms with E-state index >= 15 is 0 Å². The van der Waals surface area contributed by atoms with Crippen molar-refractivity contribution in [3.63, 3.8) is 0 Å². The van der Waals surface area contributed by atoms with E-state index in [1.807, 2.05) is 0 Å². The van der Waals surface area contributed by atoms with Crippen molar-refractivity contribution >= 4 is 12.0 Å². The number of hydrogen-bond donors (Lipinski definition) is 0. The fraction of sp³-hybridized carbons (Fsp3) is 0.857. The van der Waals surface area contributed by atoms with Gasteiger partial charge in [-0.3, -0.25) is 0 Å². The van der Waals surface area contributed by atoms with Gasteiger partial charge < -0.3 is 19.2 Å². The molecule has 0 aliphatic carbocycles. The molecular weight excluding hydrogens is 317 g/mol. The van der Waals surface area contributed by atoms with Crippen molar-refractivity contribution in [2.45, 2.75) is 57.4 Å². The van der Waals surface area contributed by atoms with E-state index in [2.05, 4.69) is 9.89 Å². The zero-order valence-corrected chi connectivity index (χ0v) is 13.4. The Morgan fingerprint density at radius 1 is 1.30 bits per heavy atom. The van der Waals surface area contributed by atoms with Gasteiger partial charge in [-0.25, -0.2) is 4.79 Å². The summed E-state index contributed by atoms with van der Waals surface area (Å²) >= 11 is 0. The molecule has 6 nitrogen and oxygen atoms in total. The molecule has 0 atom stereocenters. The highest BCUT2D eigenvalue weighted by Gasteiger charge is 2.45. The number of oxime groups is 1. The van der Waals surface area contributed by atoms with Crippen LogP contribution in [0.3, 0.4) is 0 Å². The number of likely N-dealkylation sites (tertiary alicyclic amines) is 1. The lowest BCUT2D eigenvalue weighted by molar-refractivity contribution is -0.156. The van der Waals surface area contributed by atoms with E-state index < -0.39 is 30.1 Å². The van der Waals surface area contributed by atoms with Gasteiger partial charge in [-0.15, -0.1) is 0 Å². The second kappa shape index (κ2) is 6.09. The number of amides is 1. The standard InChI is InChI=1S/C14H21F3N2O4/c1-12(2,3)22-11(20)19-6-4-13(5-7-19)8-10(18-23-13)21-9-14(15,16)17/h4-9H2,1-3H3. The number of nitrogens with zero attached hydrogens (tertiary/aromatic N) is 2. The monoisotopic (exact) mass is 338 g/mol. The van der Waals surface area contributed by atoms with Crippen LogP contribution < -0.4 is 0 Å². The first-order valence-electron chi connectivity index (χ1n) is 7.41. The minimum atomic E-state index is -4.40. The van der Waals surface area contributed by atoms with E-state index in [0.717, 1.165) is 0 Å². The molecule has 0 unspecified atom stereocenters. The summed E-state index contributed by atoms with van der Waals surface area (Å²) in [7, 11) is 0. The maximum atomic E-state index is 12.1. The van der Waals surface area contributed by atoms with Gasteiger partial charge in [0.25, 0.3) is 0 Å². The largest absolute Gasteiger partial charge is 0.469 e. The van der Waals surface area contributed by atoms with Crippen LogP contribution >= 0.6 is 0 Å². The van der Waals surface area contributed by atoms with Crippen molar-refractivity contribution in [1.29, 1.82) is 0 Å². The molecule has 2 aliphatic rings. The van der Waals surface area contributed by atoms with Gasteiger partial charge in [0.05, 0.1) is 6.42 Å². The summed E-state index contributed by atoms with van der Waals surface area (Å²) in [5, 5.41) is 3.60. The van der Waals surface area contributed by atoms with Crippen molar-refractivity contribution in [1.82, 2.24) is 4.90 Å². The number of halogens is 3. The summed E-state index contributed by atoms with van der Waals surface area (Å²) in [4.78, 5) is 18.8. The fourth-order valence-corrected chi connectivity index (χ4v) is 2.42. The quantitative estimate of drug-likeness (QED) is 0.737. The van der Waals surface area contributed by atoms with Crippen LogP contribution in [-0.2, 0) is 14.3 Å². The highest BCUT2D eigenvalue weighted by atomic mass is 19.4. The average molecular weight is 338 g/mol. The zero-order chi connectivity index (χ0) is 17.3. The van der Waals surface area contributed by atoms with E-state index in [1.165, 1.54) is 0 Å². The third kappa shape index (κ3) is 5.18. The molecule has 2 heterocycles. The van der Waals surface area contributed by atoms with Gasteiger partial charge in [-0.1, -0.05) is 5.16 Å². The predicted molar refractivity (Wildman–Crippen MR) is 74.9 cm³/mol. The number of hydrogen-bond acceptors (Lipinski definition) is 5. The van der Waals surface area contributed by atoms with Crippen molar-refractivity contribution in [2.75, 3.05) is 19.7 Å². The Kier molecular flexibility index (Phi) is 4.68. The molecule has 0 aromatic carbocycles. The minimum absolute atomic E-state index is 0.0481. The topological polar surface area (TPSA) is 60.4 Å². The van der Waals surface area contributed by atoms with E-state index in [-0.39, 0.29) is 12.3 Å². The lowest BCUT2D eigenvalue weighted by atomic mass is 9.88. The Morgan fingerprint density at radius 2 is 1.91 bits per heavy atom. The average Bonchev–Trinajstić information content (AvgIpc) is 2.78. The fourth-order valence-electron chi connectivity index (χ4n) is 2.42. The molecule has 23 heavy (non-hydrogen) atoms. The van der Waals surface area contributed by atoms with Gasteiger partial charge in [-0.05, 0) is 20.8 Å². The van der Waals surface area contributed by atoms with Crippen molar-refractivity contribution in [3.8, 4) is 0 Å². The molecule has 1 fully saturated rings. The molecule has 2 rings (SSSR count). The Morgan fingerprint density at radius 3 is 2.43 bits per heavy atom. The van der Waals surface area contributed by atoms with Gasteiger partial charge in [0.2, 0.25) is 5.90 Å². The van der Waals surface area contributed by atoms with Gasteiger partial charge in [0.1, 0.15) is 11.2 Å². The predicted octanol–water partition coefficient (Wildman–Crippen LogP) is 3.07. The number of carbonyl (C=O) groups excluding carboxylic acids is 1. The van der Waals surface area contributed by atoms with E-state index in [9.17, 15) is 18.0 Å². The van der Waals surface area contributed by atoms with Crippen molar-refractivity contribution in [2.24, 2.45) is 5.16 Å². The molecule has 0 aromatic heterocycles. The number of carbonyl (C=O) groups is 1. The van der Waals surface area contributed by atoms with E-state index in [0.29, 0.717) is 25.9 Å². The summed E-state index contributed by atoms with van der Waals surface area (Å²) in [5.41, 5.74) is -1.25. The van der Waals surface area contributed by atoms with Crippen molar-refractivity contribution in [3.05, 3.63) is 0 Å². The van der Waals surface area contributed by atoms with Gasteiger partial charge in [-0.2, -0.15) is 13.2 Å². The smallest absolute Gasteiger partial charge is 0.422 e. The Bertz CT molecular complexity index is 477. The number of ether oxygens (including phenoxy) is 2. The van der Waals surface area contributed by atoms with Crippen LogP contribution in [0, 0.1) is 0 Å². The lowest BCUT2D eigenvalue weighted by Crippen LogP contribution is -2.48. The van der Waals surface area contributed by atoms with Gasteiger partial charge in [0, 0.05) is 25.9 Å². The Hall–Kier alpha value is -1.67. The highest BCUT2D eigenvalue weighted by Crippen LogP contribution is 2.35. The maximum absolute atomic E-state index is 12.1. The van der Waals surface area contributed by atoms with Crippen LogP contribution in [0.5, 0.6) is 0 Å². The second-order valence-corrected chi connectivity index (χ2v) is 6.81. The SMILES string of the molecule is CC(C)(C)OC(=O)N1CCC2(CC1)CC(OCC(F)(F)F)=NO2. The first kappa shape index (κ1) is 17.7. The van der Waals surface area contributed by atoms with Crippen LogP contribution in [0.25, 0.3) is 0 Å². The summed E-state index contributed by atoms with van der Waals surface area (Å²) in [5.74, 6) is -0.0481. The molecule has 1 spiro atoms. The van der Waals surface area contributed by atoms with Gasteiger partial charge >= 0.3 is 12.3 Å². The van der Waals surface area contributed by atoms with E-state index in [1.54, 1.807) is 25.7 Å².